The Hall–Kier alpha value is -2.99. The van der Waals surface area contributed by atoms with Gasteiger partial charge in [0.2, 0.25) is 0 Å². The van der Waals surface area contributed by atoms with Crippen LogP contribution in [0.15, 0.2) is 54.2 Å². The fourth-order valence-electron chi connectivity index (χ4n) is 4.60. The van der Waals surface area contributed by atoms with Crippen LogP contribution in [-0.4, -0.2) is 35.5 Å². The number of allylic oxidation sites excluding steroid dienone is 4. The van der Waals surface area contributed by atoms with Crippen LogP contribution in [0.4, 0.5) is 0 Å². The van der Waals surface area contributed by atoms with Crippen molar-refractivity contribution in [2.24, 2.45) is 11.8 Å². The highest BCUT2D eigenvalue weighted by atomic mass is 16.6. The molecule has 3 aliphatic rings. The van der Waals surface area contributed by atoms with Crippen molar-refractivity contribution in [1.29, 1.82) is 0 Å². The number of hydrogen-bond donors (Lipinski definition) is 1. The van der Waals surface area contributed by atoms with Gasteiger partial charge in [0.25, 0.3) is 0 Å². The maximum atomic E-state index is 12.6. The largest absolute Gasteiger partial charge is 0.458 e. The van der Waals surface area contributed by atoms with E-state index in [0.717, 1.165) is 22.3 Å². The lowest BCUT2D eigenvalue weighted by Crippen LogP contribution is -2.24. The van der Waals surface area contributed by atoms with Crippen molar-refractivity contribution in [1.82, 2.24) is 0 Å². The molecule has 1 aromatic rings. The summed E-state index contributed by atoms with van der Waals surface area (Å²) in [6.45, 7) is 5.66. The molecule has 4 unspecified atom stereocenters. The fourth-order valence-corrected chi connectivity index (χ4v) is 4.60. The number of rotatable bonds is 5. The normalized spacial score (nSPS) is 27.8. The Morgan fingerprint density at radius 1 is 1.29 bits per heavy atom. The smallest absolute Gasteiger partial charge is 0.334 e. The quantitative estimate of drug-likeness (QED) is 0.580. The zero-order chi connectivity index (χ0) is 22.1. The van der Waals surface area contributed by atoms with Crippen LogP contribution in [0.1, 0.15) is 42.6 Å². The maximum Gasteiger partial charge on any atom is 0.334 e. The molecule has 0 radical (unpaired) electrons. The summed E-state index contributed by atoms with van der Waals surface area (Å²) in [7, 11) is 0. The van der Waals surface area contributed by atoms with E-state index in [0.29, 0.717) is 18.4 Å². The molecular formula is C25H26O6. The number of esters is 2. The van der Waals surface area contributed by atoms with Crippen molar-refractivity contribution >= 4 is 17.7 Å². The number of hydrogen-bond acceptors (Lipinski definition) is 6. The highest BCUT2D eigenvalue weighted by Gasteiger charge is 2.40. The molecule has 31 heavy (non-hydrogen) atoms. The van der Waals surface area contributed by atoms with Gasteiger partial charge in [-0.3, -0.25) is 9.59 Å². The fraction of sp³-hybridized carbons (Fsp3) is 0.400. The van der Waals surface area contributed by atoms with Gasteiger partial charge < -0.3 is 14.6 Å². The Bertz CT molecular complexity index is 1000. The van der Waals surface area contributed by atoms with E-state index in [1.807, 2.05) is 24.3 Å². The Morgan fingerprint density at radius 2 is 2.10 bits per heavy atom. The van der Waals surface area contributed by atoms with Crippen LogP contribution in [0.25, 0.3) is 0 Å². The number of aliphatic hydroxyl groups is 1. The Labute approximate surface area is 181 Å². The topological polar surface area (TPSA) is 89.9 Å². The average Bonchev–Trinajstić information content (AvgIpc) is 2.89. The molecule has 162 valence electrons. The number of cyclic esters (lactones) is 1. The van der Waals surface area contributed by atoms with Gasteiger partial charge >= 0.3 is 11.9 Å². The first kappa shape index (κ1) is 21.2. The predicted octanol–water partition coefficient (Wildman–Crippen LogP) is 2.94. The van der Waals surface area contributed by atoms with Crippen molar-refractivity contribution in [3.63, 3.8) is 0 Å². The summed E-state index contributed by atoms with van der Waals surface area (Å²) in [5, 5.41) is 9.41. The molecule has 1 aliphatic carbocycles. The molecule has 0 spiro atoms. The lowest BCUT2D eigenvalue weighted by molar-refractivity contribution is -0.152. The number of ether oxygens (including phenoxy) is 2. The summed E-state index contributed by atoms with van der Waals surface area (Å²) in [5.74, 6) is -0.523. The lowest BCUT2D eigenvalue weighted by Gasteiger charge is -2.24. The van der Waals surface area contributed by atoms with Crippen LogP contribution in [0, 0.1) is 11.8 Å². The molecule has 6 nitrogen and oxygen atoms in total. The van der Waals surface area contributed by atoms with Crippen LogP contribution in [0.5, 0.6) is 0 Å². The zero-order valence-electron chi connectivity index (χ0n) is 17.5. The molecule has 1 N–H and O–H groups in total. The van der Waals surface area contributed by atoms with Crippen LogP contribution in [-0.2, 0) is 36.7 Å². The van der Waals surface area contributed by atoms with Crippen molar-refractivity contribution < 1.29 is 29.0 Å². The predicted molar refractivity (Wildman–Crippen MR) is 113 cm³/mol. The minimum atomic E-state index is -0.639. The third-order valence-electron chi connectivity index (χ3n) is 6.35. The third kappa shape index (κ3) is 4.39. The van der Waals surface area contributed by atoms with Gasteiger partial charge in [0.15, 0.2) is 11.9 Å². The molecule has 2 aliphatic heterocycles. The highest BCUT2D eigenvalue weighted by molar-refractivity contribution is 5.92. The van der Waals surface area contributed by atoms with Crippen LogP contribution in [0.3, 0.4) is 0 Å². The van der Waals surface area contributed by atoms with E-state index in [9.17, 15) is 19.5 Å². The summed E-state index contributed by atoms with van der Waals surface area (Å²) in [6.07, 6.45) is 6.51. The standard InChI is InChI=1S/C25H26O6/c1-14-9-22-20(15(2)25(29)31-22)8-5-17(14)4-6-19(27)11-16-3-7-21-18(10-16)12-24(28)30-23(21)13-26/h3-7,10,14,20,22-23,26H,2,8-9,11-13H2,1H3/b6-4+. The summed E-state index contributed by atoms with van der Waals surface area (Å²) in [4.78, 5) is 36.0. The van der Waals surface area contributed by atoms with Crippen LogP contribution >= 0.6 is 0 Å². The van der Waals surface area contributed by atoms with Crippen molar-refractivity contribution in [2.75, 3.05) is 6.61 Å². The minimum Gasteiger partial charge on any atom is -0.458 e. The molecule has 0 saturated carbocycles. The van der Waals surface area contributed by atoms with Gasteiger partial charge in [0.05, 0.1) is 13.0 Å². The molecule has 0 bridgehead atoms. The first-order valence-electron chi connectivity index (χ1n) is 10.6. The summed E-state index contributed by atoms with van der Waals surface area (Å²) >= 11 is 0. The maximum absolute atomic E-state index is 12.6. The van der Waals surface area contributed by atoms with Gasteiger partial charge in [-0.2, -0.15) is 0 Å². The monoisotopic (exact) mass is 422 g/mol. The van der Waals surface area contributed by atoms with E-state index < -0.39 is 6.10 Å². The van der Waals surface area contributed by atoms with E-state index >= 15 is 0 Å². The van der Waals surface area contributed by atoms with E-state index in [-0.39, 0.29) is 55.1 Å². The summed E-state index contributed by atoms with van der Waals surface area (Å²) < 4.78 is 10.6. The van der Waals surface area contributed by atoms with E-state index in [4.69, 9.17) is 9.47 Å². The molecule has 4 rings (SSSR count). The first-order valence-corrected chi connectivity index (χ1v) is 10.6. The SMILES string of the molecule is C=C1C(=O)OC2CC(C)C(/C=C/C(=O)Cc3ccc4c(c3)CC(=O)OC4CO)=CCC12. The van der Waals surface area contributed by atoms with E-state index in [2.05, 4.69) is 19.6 Å². The second-order valence-electron chi connectivity index (χ2n) is 8.50. The number of ketones is 1. The molecule has 6 heteroatoms. The van der Waals surface area contributed by atoms with E-state index in [1.54, 1.807) is 6.08 Å². The molecule has 1 fully saturated rings. The molecule has 2 heterocycles. The van der Waals surface area contributed by atoms with Gasteiger partial charge in [-0.25, -0.2) is 4.79 Å². The summed E-state index contributed by atoms with van der Waals surface area (Å²) in [5.41, 5.74) is 4.01. The summed E-state index contributed by atoms with van der Waals surface area (Å²) in [6, 6.07) is 5.50. The number of carbonyl (C=O) groups excluding carboxylic acids is 3. The lowest BCUT2D eigenvalue weighted by atomic mass is 9.91. The average molecular weight is 422 g/mol. The number of aliphatic hydroxyl groups excluding tert-OH is 1. The number of carbonyl (C=O) groups is 3. The Kier molecular flexibility index (Phi) is 5.92. The van der Waals surface area contributed by atoms with Gasteiger partial charge in [-0.05, 0) is 47.1 Å². The van der Waals surface area contributed by atoms with Gasteiger partial charge in [0.1, 0.15) is 6.10 Å². The third-order valence-corrected chi connectivity index (χ3v) is 6.35. The minimum absolute atomic E-state index is 0.0153. The van der Waals surface area contributed by atoms with Crippen molar-refractivity contribution in [2.45, 2.75) is 44.8 Å². The van der Waals surface area contributed by atoms with Gasteiger partial charge in [0, 0.05) is 17.9 Å². The Morgan fingerprint density at radius 3 is 2.87 bits per heavy atom. The zero-order valence-corrected chi connectivity index (χ0v) is 17.5. The molecule has 0 aromatic heterocycles. The van der Waals surface area contributed by atoms with Crippen molar-refractivity contribution in [3.05, 3.63) is 70.8 Å². The molecular weight excluding hydrogens is 396 g/mol. The first-order chi connectivity index (χ1) is 14.9. The highest BCUT2D eigenvalue weighted by Crippen LogP contribution is 2.38. The van der Waals surface area contributed by atoms with Gasteiger partial charge in [-0.1, -0.05) is 43.9 Å². The van der Waals surface area contributed by atoms with Crippen LogP contribution < -0.4 is 0 Å². The molecule has 1 saturated heterocycles. The van der Waals surface area contributed by atoms with E-state index in [1.165, 1.54) is 0 Å². The Balaban J connectivity index is 1.42. The number of benzene rings is 1. The second kappa shape index (κ2) is 8.63. The molecule has 1 aromatic carbocycles. The molecule has 0 amide bonds. The number of fused-ring (bicyclic) bond motifs is 2. The van der Waals surface area contributed by atoms with Crippen LogP contribution in [0.2, 0.25) is 0 Å². The van der Waals surface area contributed by atoms with Gasteiger partial charge in [-0.15, -0.1) is 0 Å². The second-order valence-corrected chi connectivity index (χ2v) is 8.50. The van der Waals surface area contributed by atoms with Crippen molar-refractivity contribution in [3.8, 4) is 0 Å². The molecule has 4 atom stereocenters.